The number of benzene rings is 4. The van der Waals surface area contributed by atoms with E-state index in [4.69, 9.17) is 18.9 Å². The summed E-state index contributed by atoms with van der Waals surface area (Å²) in [6, 6.07) is 34.8. The molecule has 8 heteroatoms. The van der Waals surface area contributed by atoms with Gasteiger partial charge in [0.05, 0.1) is 30.8 Å². The summed E-state index contributed by atoms with van der Waals surface area (Å²) in [6.45, 7) is 2.70. The van der Waals surface area contributed by atoms with Gasteiger partial charge in [-0.1, -0.05) is 91.0 Å². The van der Waals surface area contributed by atoms with Crippen LogP contribution in [0.4, 0.5) is 5.69 Å². The first kappa shape index (κ1) is 29.3. The Morgan fingerprint density at radius 1 is 0.667 bits per heavy atom. The summed E-state index contributed by atoms with van der Waals surface area (Å²) in [5.74, 6) is -0.343. The molecule has 42 heavy (non-hydrogen) atoms. The van der Waals surface area contributed by atoms with Gasteiger partial charge in [0.2, 0.25) is 0 Å². The fourth-order valence-electron chi connectivity index (χ4n) is 5.04. The van der Waals surface area contributed by atoms with Crippen LogP contribution < -0.4 is 0 Å². The number of carbonyl (C=O) groups excluding carboxylic acids is 1. The van der Waals surface area contributed by atoms with Crippen LogP contribution >= 0.6 is 0 Å². The van der Waals surface area contributed by atoms with Crippen LogP contribution in [0.25, 0.3) is 0 Å². The van der Waals surface area contributed by atoms with Crippen molar-refractivity contribution in [2.24, 2.45) is 0 Å². The van der Waals surface area contributed by atoms with Gasteiger partial charge < -0.3 is 18.9 Å². The molecule has 1 aliphatic rings. The van der Waals surface area contributed by atoms with Crippen LogP contribution in [0.15, 0.2) is 115 Å². The summed E-state index contributed by atoms with van der Waals surface area (Å²) in [4.78, 5) is 24.6. The van der Waals surface area contributed by atoms with Crippen LogP contribution in [-0.2, 0) is 38.8 Å². The number of nitro benzene ring substituents is 1. The number of ether oxygens (including phenoxy) is 4. The van der Waals surface area contributed by atoms with Crippen molar-refractivity contribution >= 4 is 11.5 Å². The molecule has 8 nitrogen and oxygen atoms in total. The summed E-state index contributed by atoms with van der Waals surface area (Å²) in [5, 5.41) is 11.2. The monoisotopic (exact) mass is 567 g/mol. The van der Waals surface area contributed by atoms with Crippen molar-refractivity contribution in [3.05, 3.63) is 148 Å². The van der Waals surface area contributed by atoms with Crippen molar-refractivity contribution in [3.8, 4) is 0 Å². The zero-order valence-electron chi connectivity index (χ0n) is 23.3. The molecule has 216 valence electrons. The smallest absolute Gasteiger partial charge is 0.269 e. The third-order valence-electron chi connectivity index (χ3n) is 7.25. The van der Waals surface area contributed by atoms with Crippen LogP contribution in [0.5, 0.6) is 0 Å². The first-order chi connectivity index (χ1) is 20.5. The van der Waals surface area contributed by atoms with Gasteiger partial charge in [0.15, 0.2) is 5.78 Å². The second kappa shape index (κ2) is 14.1. The fraction of sp³-hybridized carbons (Fsp3) is 0.265. The summed E-state index contributed by atoms with van der Waals surface area (Å²) in [6.07, 6.45) is -3.57. The molecular weight excluding hydrogens is 534 g/mol. The van der Waals surface area contributed by atoms with Crippen molar-refractivity contribution in [1.29, 1.82) is 0 Å². The molecule has 5 rings (SSSR count). The SMILES string of the molecule is CC1OC(C(=O)c2ccc([N+](=O)[O-])cc2)C(OCc2ccccc2)C(OCc2ccccc2)C1OCc1ccccc1. The predicted molar refractivity (Wildman–Crippen MR) is 157 cm³/mol. The lowest BCUT2D eigenvalue weighted by Gasteiger charge is -2.45. The summed E-state index contributed by atoms with van der Waals surface area (Å²) >= 11 is 0. The van der Waals surface area contributed by atoms with Gasteiger partial charge in [-0.05, 0) is 35.7 Å². The molecule has 1 fully saturated rings. The molecule has 1 aliphatic heterocycles. The Bertz CT molecular complexity index is 1430. The standard InChI is InChI=1S/C34H33NO7/c1-24-31(39-21-25-11-5-2-6-12-25)33(40-22-26-13-7-3-8-14-26)34(41-23-27-15-9-4-10-16-27)32(42-24)30(36)28-17-19-29(20-18-28)35(37)38/h2-20,24,31-34H,21-23H2,1H3. The molecule has 0 radical (unpaired) electrons. The molecule has 5 atom stereocenters. The highest BCUT2D eigenvalue weighted by molar-refractivity contribution is 6.00. The van der Waals surface area contributed by atoms with Crippen molar-refractivity contribution in [2.75, 3.05) is 0 Å². The highest BCUT2D eigenvalue weighted by Gasteiger charge is 2.49. The molecular formula is C34H33NO7. The summed E-state index contributed by atoms with van der Waals surface area (Å²) < 4.78 is 25.8. The largest absolute Gasteiger partial charge is 0.368 e. The maximum absolute atomic E-state index is 13.9. The zero-order valence-corrected chi connectivity index (χ0v) is 23.3. The van der Waals surface area contributed by atoms with Crippen LogP contribution in [0.1, 0.15) is 34.0 Å². The molecule has 0 aliphatic carbocycles. The normalized spacial score (nSPS) is 22.0. The lowest BCUT2D eigenvalue weighted by molar-refractivity contribution is -0.384. The maximum Gasteiger partial charge on any atom is 0.269 e. The Labute approximate surface area is 245 Å². The van der Waals surface area contributed by atoms with Gasteiger partial charge in [-0.2, -0.15) is 0 Å². The van der Waals surface area contributed by atoms with Crippen molar-refractivity contribution in [1.82, 2.24) is 0 Å². The number of non-ortho nitro benzene ring substituents is 1. The Morgan fingerprint density at radius 2 is 1.10 bits per heavy atom. The first-order valence-corrected chi connectivity index (χ1v) is 13.9. The summed E-state index contributed by atoms with van der Waals surface area (Å²) in [5.41, 5.74) is 3.09. The molecule has 0 N–H and O–H groups in total. The van der Waals surface area contributed by atoms with E-state index < -0.39 is 35.4 Å². The number of rotatable bonds is 12. The lowest BCUT2D eigenvalue weighted by Crippen LogP contribution is -2.61. The fourth-order valence-corrected chi connectivity index (χ4v) is 5.04. The maximum atomic E-state index is 13.9. The van der Waals surface area contributed by atoms with Gasteiger partial charge in [0, 0.05) is 17.7 Å². The minimum Gasteiger partial charge on any atom is -0.368 e. The lowest BCUT2D eigenvalue weighted by atomic mass is 9.90. The van der Waals surface area contributed by atoms with Crippen LogP contribution in [-0.4, -0.2) is 41.2 Å². The molecule has 0 aromatic heterocycles. The highest BCUT2D eigenvalue weighted by atomic mass is 16.6. The van der Waals surface area contributed by atoms with E-state index in [1.807, 2.05) is 97.9 Å². The third-order valence-corrected chi connectivity index (χ3v) is 7.25. The molecule has 1 heterocycles. The molecule has 4 aromatic carbocycles. The number of carbonyl (C=O) groups is 1. The van der Waals surface area contributed by atoms with E-state index in [-0.39, 0.29) is 30.2 Å². The number of hydrogen-bond acceptors (Lipinski definition) is 7. The van der Waals surface area contributed by atoms with E-state index >= 15 is 0 Å². The topological polar surface area (TPSA) is 97.1 Å². The zero-order chi connectivity index (χ0) is 29.3. The van der Waals surface area contributed by atoms with Crippen LogP contribution in [0.3, 0.4) is 0 Å². The Morgan fingerprint density at radius 3 is 1.55 bits per heavy atom. The first-order valence-electron chi connectivity index (χ1n) is 13.9. The van der Waals surface area contributed by atoms with E-state index in [2.05, 4.69) is 0 Å². The molecule has 0 saturated carbocycles. The molecule has 5 unspecified atom stereocenters. The van der Waals surface area contributed by atoms with Crippen LogP contribution in [0.2, 0.25) is 0 Å². The number of ketones is 1. The quantitative estimate of drug-likeness (QED) is 0.112. The van der Waals surface area contributed by atoms with E-state index in [1.54, 1.807) is 0 Å². The number of Topliss-reactive ketones (excluding diaryl/α,β-unsaturated/α-hetero) is 1. The molecule has 4 aromatic rings. The minimum atomic E-state index is -1.03. The average molecular weight is 568 g/mol. The van der Waals surface area contributed by atoms with E-state index in [1.165, 1.54) is 24.3 Å². The van der Waals surface area contributed by atoms with Crippen molar-refractivity contribution < 1.29 is 28.7 Å². The Kier molecular flexibility index (Phi) is 9.84. The second-order valence-corrected chi connectivity index (χ2v) is 10.2. The average Bonchev–Trinajstić information content (AvgIpc) is 3.03. The van der Waals surface area contributed by atoms with Gasteiger partial charge in [0.1, 0.15) is 24.4 Å². The number of nitro groups is 1. The van der Waals surface area contributed by atoms with Gasteiger partial charge in [-0.25, -0.2) is 0 Å². The molecule has 0 spiro atoms. The van der Waals surface area contributed by atoms with Crippen LogP contribution in [0, 0.1) is 10.1 Å². The van der Waals surface area contributed by atoms with Crippen molar-refractivity contribution in [3.63, 3.8) is 0 Å². The van der Waals surface area contributed by atoms with E-state index in [0.29, 0.717) is 6.61 Å². The minimum absolute atomic E-state index is 0.0974. The highest BCUT2D eigenvalue weighted by Crippen LogP contribution is 2.32. The van der Waals surface area contributed by atoms with E-state index in [9.17, 15) is 14.9 Å². The predicted octanol–water partition coefficient (Wildman–Crippen LogP) is 6.32. The van der Waals surface area contributed by atoms with Gasteiger partial charge >= 0.3 is 0 Å². The molecule has 1 saturated heterocycles. The second-order valence-electron chi connectivity index (χ2n) is 10.2. The Hall–Kier alpha value is -4.21. The molecule has 0 bridgehead atoms. The molecule has 0 amide bonds. The van der Waals surface area contributed by atoms with E-state index in [0.717, 1.165) is 16.7 Å². The van der Waals surface area contributed by atoms with Gasteiger partial charge in [-0.15, -0.1) is 0 Å². The third kappa shape index (κ3) is 7.35. The van der Waals surface area contributed by atoms with Crippen molar-refractivity contribution in [2.45, 2.75) is 57.3 Å². The summed E-state index contributed by atoms with van der Waals surface area (Å²) in [7, 11) is 0. The van der Waals surface area contributed by atoms with Gasteiger partial charge in [-0.3, -0.25) is 14.9 Å². The Balaban J connectivity index is 1.46. The number of nitrogens with zero attached hydrogens (tertiary/aromatic N) is 1. The number of hydrogen-bond donors (Lipinski definition) is 0. The van der Waals surface area contributed by atoms with Gasteiger partial charge in [0.25, 0.3) is 5.69 Å².